The van der Waals surface area contributed by atoms with Gasteiger partial charge in [-0.1, -0.05) is 107 Å². The van der Waals surface area contributed by atoms with Crippen molar-refractivity contribution in [1.29, 1.82) is 0 Å². The van der Waals surface area contributed by atoms with Crippen LogP contribution in [-0.4, -0.2) is 23.9 Å². The van der Waals surface area contributed by atoms with Gasteiger partial charge in [-0.3, -0.25) is 9.98 Å². The fraction of sp³-hybridized carbons (Fsp3) is 0.368. The maximum absolute atomic E-state index is 5.88. The fourth-order valence-electron chi connectivity index (χ4n) is 4.81. The third-order valence-electron chi connectivity index (χ3n) is 7.37. The van der Waals surface area contributed by atoms with Crippen molar-refractivity contribution in [3.8, 4) is 11.5 Å². The van der Waals surface area contributed by atoms with Crippen LogP contribution < -0.4 is 9.47 Å². The van der Waals surface area contributed by atoms with E-state index in [2.05, 4.69) is 96.7 Å². The highest BCUT2D eigenvalue weighted by Gasteiger charge is 2.13. The van der Waals surface area contributed by atoms with Crippen molar-refractivity contribution in [2.45, 2.75) is 71.6 Å². The summed E-state index contributed by atoms with van der Waals surface area (Å²) >= 11 is 0. The second-order valence-corrected chi connectivity index (χ2v) is 10.9. The standard InChI is InChI=1S/C38H46N2O2/c1-3-5-7-9-27-41-35-19-15-31(16-20-35)11-13-33-23-25-39-37(29-33)38-30-34(24-26-40-38)14-12-32-17-21-36(22-18-32)42-28-10-8-6-4-2/h11-26,29,34H,3-10,27-28,30H2,1-2H3/b13-11+,14-12+. The zero-order valence-corrected chi connectivity index (χ0v) is 25.4. The minimum absolute atomic E-state index is 0.278. The Bertz CT molecular complexity index is 1320. The monoisotopic (exact) mass is 562 g/mol. The SMILES string of the molecule is CCCCCCOc1ccc(/C=C/c2ccnc(C3=NC=CC(/C=C/c4ccc(OCCCCCC)cc4)C3)c2)cc1. The molecule has 1 aromatic heterocycles. The van der Waals surface area contributed by atoms with Gasteiger partial charge in [0.1, 0.15) is 11.5 Å². The molecule has 4 nitrogen and oxygen atoms in total. The molecule has 0 saturated heterocycles. The summed E-state index contributed by atoms with van der Waals surface area (Å²) < 4.78 is 11.7. The van der Waals surface area contributed by atoms with Gasteiger partial charge in [0.25, 0.3) is 0 Å². The summed E-state index contributed by atoms with van der Waals surface area (Å²) in [7, 11) is 0. The first-order valence-electron chi connectivity index (χ1n) is 15.8. The van der Waals surface area contributed by atoms with E-state index in [1.54, 1.807) is 0 Å². The molecule has 220 valence electrons. The Balaban J connectivity index is 1.27. The Labute approximate surface area is 252 Å². The summed E-state index contributed by atoms with van der Waals surface area (Å²) in [5, 5.41) is 0. The smallest absolute Gasteiger partial charge is 0.119 e. The fourth-order valence-corrected chi connectivity index (χ4v) is 4.81. The third-order valence-corrected chi connectivity index (χ3v) is 7.37. The average Bonchev–Trinajstić information content (AvgIpc) is 3.04. The third kappa shape index (κ3) is 10.8. The number of pyridine rings is 1. The predicted molar refractivity (Wildman–Crippen MR) is 178 cm³/mol. The van der Waals surface area contributed by atoms with E-state index < -0.39 is 0 Å². The number of hydrogen-bond donors (Lipinski definition) is 0. The Hall–Kier alpha value is -3.92. The molecule has 2 aromatic carbocycles. The lowest BCUT2D eigenvalue weighted by molar-refractivity contribution is 0.305. The van der Waals surface area contributed by atoms with Crippen molar-refractivity contribution in [3.05, 3.63) is 108 Å². The molecular weight excluding hydrogens is 516 g/mol. The highest BCUT2D eigenvalue weighted by atomic mass is 16.5. The minimum Gasteiger partial charge on any atom is -0.494 e. The van der Waals surface area contributed by atoms with E-state index in [1.807, 2.05) is 30.6 Å². The lowest BCUT2D eigenvalue weighted by Crippen LogP contribution is -2.11. The second-order valence-electron chi connectivity index (χ2n) is 10.9. The van der Waals surface area contributed by atoms with Crippen molar-refractivity contribution in [1.82, 2.24) is 4.98 Å². The first-order chi connectivity index (χ1) is 20.7. The Morgan fingerprint density at radius 1 is 0.690 bits per heavy atom. The molecule has 0 N–H and O–H groups in total. The largest absolute Gasteiger partial charge is 0.494 e. The van der Waals surface area contributed by atoms with Gasteiger partial charge in [-0.25, -0.2) is 0 Å². The molecule has 0 bridgehead atoms. The molecule has 0 radical (unpaired) electrons. The van der Waals surface area contributed by atoms with E-state index in [4.69, 9.17) is 9.47 Å². The van der Waals surface area contributed by atoms with Crippen LogP contribution in [0.5, 0.6) is 11.5 Å². The molecule has 0 spiro atoms. The topological polar surface area (TPSA) is 43.7 Å². The van der Waals surface area contributed by atoms with Gasteiger partial charge in [-0.05, 0) is 65.9 Å². The molecule has 4 rings (SSSR count). The molecule has 0 fully saturated rings. The Morgan fingerprint density at radius 2 is 1.29 bits per heavy atom. The molecule has 0 saturated carbocycles. The molecule has 2 heterocycles. The zero-order chi connectivity index (χ0) is 29.2. The predicted octanol–water partition coefficient (Wildman–Crippen LogP) is 10.2. The molecule has 0 amide bonds. The van der Waals surface area contributed by atoms with Crippen LogP contribution in [0.4, 0.5) is 0 Å². The number of nitrogens with zero attached hydrogens (tertiary/aromatic N) is 2. The number of aliphatic imine (C=N–C) groups is 1. The van der Waals surface area contributed by atoms with Crippen LogP contribution >= 0.6 is 0 Å². The van der Waals surface area contributed by atoms with Gasteiger partial charge in [-0.2, -0.15) is 0 Å². The molecule has 4 heteroatoms. The number of hydrogen-bond acceptors (Lipinski definition) is 4. The van der Waals surface area contributed by atoms with Crippen molar-refractivity contribution in [2.75, 3.05) is 13.2 Å². The molecule has 1 aliphatic rings. The first-order valence-corrected chi connectivity index (χ1v) is 15.8. The summed E-state index contributed by atoms with van der Waals surface area (Å²) in [5.74, 6) is 2.15. The highest BCUT2D eigenvalue weighted by molar-refractivity contribution is 6.00. The van der Waals surface area contributed by atoms with Gasteiger partial charge in [0.05, 0.1) is 24.6 Å². The molecule has 1 unspecified atom stereocenters. The molecule has 3 aromatic rings. The van der Waals surface area contributed by atoms with Gasteiger partial charge >= 0.3 is 0 Å². The van der Waals surface area contributed by atoms with E-state index >= 15 is 0 Å². The van der Waals surface area contributed by atoms with Gasteiger partial charge in [0, 0.05) is 24.7 Å². The molecule has 0 aliphatic carbocycles. The minimum atomic E-state index is 0.278. The van der Waals surface area contributed by atoms with E-state index in [9.17, 15) is 0 Å². The molecule has 1 atom stereocenters. The zero-order valence-electron chi connectivity index (χ0n) is 25.4. The van der Waals surface area contributed by atoms with Crippen LogP contribution in [0.1, 0.15) is 94.0 Å². The van der Waals surface area contributed by atoms with Crippen molar-refractivity contribution in [2.24, 2.45) is 10.9 Å². The number of unbranched alkanes of at least 4 members (excludes halogenated alkanes) is 6. The van der Waals surface area contributed by atoms with Crippen molar-refractivity contribution in [3.63, 3.8) is 0 Å². The van der Waals surface area contributed by atoms with Crippen LogP contribution in [0.25, 0.3) is 18.2 Å². The average molecular weight is 563 g/mol. The van der Waals surface area contributed by atoms with Gasteiger partial charge in [0.15, 0.2) is 0 Å². The molecule has 1 aliphatic heterocycles. The number of benzene rings is 2. The van der Waals surface area contributed by atoms with Gasteiger partial charge in [0.2, 0.25) is 0 Å². The summed E-state index contributed by atoms with van der Waals surface area (Å²) in [5.41, 5.74) is 5.35. The Kier molecular flexibility index (Phi) is 13.1. The maximum atomic E-state index is 5.88. The van der Waals surface area contributed by atoms with E-state index in [-0.39, 0.29) is 5.92 Å². The molecule has 42 heavy (non-hydrogen) atoms. The normalized spacial score (nSPS) is 14.9. The van der Waals surface area contributed by atoms with E-state index in [0.717, 1.165) is 66.5 Å². The molecular formula is C38H46N2O2. The number of ether oxygens (including phenoxy) is 2. The lowest BCUT2D eigenvalue weighted by atomic mass is 9.96. The van der Waals surface area contributed by atoms with Gasteiger partial charge < -0.3 is 9.47 Å². The van der Waals surface area contributed by atoms with Crippen LogP contribution in [0.2, 0.25) is 0 Å². The maximum Gasteiger partial charge on any atom is 0.119 e. The van der Waals surface area contributed by atoms with Crippen molar-refractivity contribution < 1.29 is 9.47 Å². The highest BCUT2D eigenvalue weighted by Crippen LogP contribution is 2.21. The second kappa shape index (κ2) is 17.8. The Morgan fingerprint density at radius 3 is 1.90 bits per heavy atom. The number of rotatable bonds is 17. The quantitative estimate of drug-likeness (QED) is 0.154. The van der Waals surface area contributed by atoms with Crippen LogP contribution in [-0.2, 0) is 0 Å². The summed E-state index contributed by atoms with van der Waals surface area (Å²) in [6.07, 6.45) is 25.2. The van der Waals surface area contributed by atoms with Crippen LogP contribution in [0.3, 0.4) is 0 Å². The van der Waals surface area contributed by atoms with Crippen LogP contribution in [0.15, 0.2) is 90.2 Å². The number of aromatic nitrogens is 1. The summed E-state index contributed by atoms with van der Waals surface area (Å²) in [6.45, 7) is 6.03. The first kappa shape index (κ1) is 31.0. The summed E-state index contributed by atoms with van der Waals surface area (Å²) in [4.78, 5) is 9.29. The van der Waals surface area contributed by atoms with E-state index in [0.29, 0.717) is 0 Å². The number of allylic oxidation sites excluding steroid dienone is 2. The lowest BCUT2D eigenvalue weighted by Gasteiger charge is -2.14. The van der Waals surface area contributed by atoms with E-state index in [1.165, 1.54) is 44.1 Å². The van der Waals surface area contributed by atoms with Crippen molar-refractivity contribution >= 4 is 23.9 Å². The van der Waals surface area contributed by atoms with Crippen LogP contribution in [0, 0.1) is 5.92 Å². The summed E-state index contributed by atoms with van der Waals surface area (Å²) in [6, 6.07) is 20.8. The van der Waals surface area contributed by atoms with Gasteiger partial charge in [-0.15, -0.1) is 0 Å².